The maximum absolute atomic E-state index is 13.1. The van der Waals surface area contributed by atoms with E-state index in [9.17, 15) is 9.90 Å². The molecule has 2 N–H and O–H groups in total. The van der Waals surface area contributed by atoms with Crippen molar-refractivity contribution in [1.29, 1.82) is 0 Å². The van der Waals surface area contributed by atoms with E-state index >= 15 is 0 Å². The zero-order chi connectivity index (χ0) is 25.9. The fourth-order valence-electron chi connectivity index (χ4n) is 6.91. The van der Waals surface area contributed by atoms with Crippen molar-refractivity contribution >= 4 is 5.91 Å². The molecule has 0 radical (unpaired) electrons. The summed E-state index contributed by atoms with van der Waals surface area (Å²) in [6.45, 7) is 4.65. The summed E-state index contributed by atoms with van der Waals surface area (Å²) >= 11 is 0. The number of aryl methyl sites for hydroxylation is 2. The molecule has 0 aliphatic heterocycles. The number of fused-ring (bicyclic) bond motifs is 3. The van der Waals surface area contributed by atoms with Gasteiger partial charge < -0.3 is 10.4 Å². The Kier molecular flexibility index (Phi) is 7.48. The number of rotatable bonds is 8. The van der Waals surface area contributed by atoms with Crippen LogP contribution in [0.5, 0.6) is 0 Å². The Morgan fingerprint density at radius 2 is 1.95 bits per heavy atom. The van der Waals surface area contributed by atoms with E-state index in [-0.39, 0.29) is 11.3 Å². The van der Waals surface area contributed by atoms with E-state index in [1.807, 2.05) is 25.1 Å². The second-order valence-corrected chi connectivity index (χ2v) is 11.4. The minimum atomic E-state index is -0.539. The molecule has 3 aromatic rings. The Morgan fingerprint density at radius 1 is 1.11 bits per heavy atom. The summed E-state index contributed by atoms with van der Waals surface area (Å²) in [6, 6.07) is 21.1. The van der Waals surface area contributed by atoms with Crippen molar-refractivity contribution in [3.8, 4) is 0 Å². The van der Waals surface area contributed by atoms with Crippen LogP contribution in [-0.2, 0) is 24.8 Å². The van der Waals surface area contributed by atoms with Crippen molar-refractivity contribution in [3.63, 3.8) is 0 Å². The molecular weight excluding hydrogens is 456 g/mol. The van der Waals surface area contributed by atoms with Crippen molar-refractivity contribution < 1.29 is 9.90 Å². The molecule has 1 amide bonds. The van der Waals surface area contributed by atoms with Gasteiger partial charge in [0.15, 0.2) is 0 Å². The van der Waals surface area contributed by atoms with Crippen molar-refractivity contribution in [3.05, 3.63) is 100 Å². The molecular formula is C33H40N2O2. The number of hydrogen-bond donors (Lipinski definition) is 2. The lowest BCUT2D eigenvalue weighted by Gasteiger charge is -2.53. The van der Waals surface area contributed by atoms with Crippen LogP contribution < -0.4 is 5.32 Å². The number of aromatic nitrogens is 1. The van der Waals surface area contributed by atoms with Crippen molar-refractivity contribution in [2.75, 3.05) is 0 Å². The van der Waals surface area contributed by atoms with Gasteiger partial charge >= 0.3 is 0 Å². The summed E-state index contributed by atoms with van der Waals surface area (Å²) in [5.41, 5.74) is 6.23. The minimum absolute atomic E-state index is 0.00913. The summed E-state index contributed by atoms with van der Waals surface area (Å²) in [4.78, 5) is 17.4. The average molecular weight is 497 g/mol. The topological polar surface area (TPSA) is 62.2 Å². The van der Waals surface area contributed by atoms with Gasteiger partial charge in [-0.3, -0.25) is 9.78 Å². The van der Waals surface area contributed by atoms with Gasteiger partial charge in [-0.2, -0.15) is 0 Å². The summed E-state index contributed by atoms with van der Waals surface area (Å²) in [6.07, 6.45) is 10.6. The summed E-state index contributed by atoms with van der Waals surface area (Å²) in [5.74, 6) is 0.409. The molecule has 0 bridgehead atoms. The number of benzene rings is 2. The lowest BCUT2D eigenvalue weighted by Crippen LogP contribution is -2.51. The standard InChI is InChI=1S/C33H40N2O2/c1-3-4-16-32(37)17-18-33(21-25-9-6-5-7-10-25)29(22-32)14-12-26-20-27(13-15-30(26)33)31(36)35-23-28-11-8-19-34-24(28)2/h5-11,13,15,19-20,29,37H,3-4,12,14,16-18,21-23H2,1-2H3,(H,35,36)/t29-,32-,33+/m1/s1. The van der Waals surface area contributed by atoms with E-state index < -0.39 is 5.60 Å². The zero-order valence-corrected chi connectivity index (χ0v) is 22.3. The number of aliphatic hydroxyl groups is 1. The molecule has 0 saturated heterocycles. The molecule has 2 aliphatic carbocycles. The molecule has 1 heterocycles. The van der Waals surface area contributed by atoms with Crippen LogP contribution >= 0.6 is 0 Å². The maximum Gasteiger partial charge on any atom is 0.251 e. The number of pyridine rings is 1. The highest BCUT2D eigenvalue weighted by Crippen LogP contribution is 2.55. The Balaban J connectivity index is 1.42. The first-order chi connectivity index (χ1) is 17.9. The van der Waals surface area contributed by atoms with Crippen LogP contribution in [0.15, 0.2) is 66.9 Å². The molecule has 1 saturated carbocycles. The van der Waals surface area contributed by atoms with Crippen molar-refractivity contribution in [2.24, 2.45) is 5.92 Å². The first-order valence-corrected chi connectivity index (χ1v) is 14.0. The number of hydrogen-bond acceptors (Lipinski definition) is 3. The minimum Gasteiger partial charge on any atom is -0.390 e. The van der Waals surface area contributed by atoms with Gasteiger partial charge in [0.25, 0.3) is 5.91 Å². The molecule has 3 atom stereocenters. The molecule has 5 rings (SSSR count). The van der Waals surface area contributed by atoms with Crippen molar-refractivity contribution in [2.45, 2.75) is 89.2 Å². The number of nitrogens with one attached hydrogen (secondary N) is 1. The number of amides is 1. The van der Waals surface area contributed by atoms with Crippen LogP contribution in [0.3, 0.4) is 0 Å². The van der Waals surface area contributed by atoms with Gasteiger partial charge in [-0.15, -0.1) is 0 Å². The SMILES string of the molecule is CCCC[C@@]1(O)CC[C@@]2(Cc3ccccc3)c3ccc(C(=O)NCc4cccnc4C)cc3CC[C@@H]2C1. The Labute approximate surface area is 221 Å². The molecule has 1 fully saturated rings. The Hall–Kier alpha value is -2.98. The van der Waals surface area contributed by atoms with Crippen LogP contribution in [0.1, 0.15) is 90.2 Å². The van der Waals surface area contributed by atoms with Crippen LogP contribution in [0.4, 0.5) is 0 Å². The van der Waals surface area contributed by atoms with Crippen LogP contribution in [-0.4, -0.2) is 21.6 Å². The first kappa shape index (κ1) is 25.7. The van der Waals surface area contributed by atoms with E-state index in [0.29, 0.717) is 12.5 Å². The molecule has 2 aliphatic rings. The smallest absolute Gasteiger partial charge is 0.251 e. The van der Waals surface area contributed by atoms with E-state index in [1.54, 1.807) is 6.20 Å². The second-order valence-electron chi connectivity index (χ2n) is 11.4. The summed E-state index contributed by atoms with van der Waals surface area (Å²) in [5, 5.41) is 14.6. The molecule has 37 heavy (non-hydrogen) atoms. The predicted molar refractivity (Wildman–Crippen MR) is 149 cm³/mol. The van der Waals surface area contributed by atoms with Gasteiger partial charge in [0.1, 0.15) is 0 Å². The number of nitrogens with zero attached hydrogens (tertiary/aromatic N) is 1. The molecule has 4 heteroatoms. The average Bonchev–Trinajstić information content (AvgIpc) is 2.92. The highest BCUT2D eigenvalue weighted by molar-refractivity contribution is 5.94. The van der Waals surface area contributed by atoms with Gasteiger partial charge in [0.05, 0.1) is 5.60 Å². The highest BCUT2D eigenvalue weighted by atomic mass is 16.3. The fraction of sp³-hybridized carbons (Fsp3) is 0.455. The third-order valence-electron chi connectivity index (χ3n) is 9.02. The highest BCUT2D eigenvalue weighted by Gasteiger charge is 2.51. The quantitative estimate of drug-likeness (QED) is 0.376. The lowest BCUT2D eigenvalue weighted by atomic mass is 9.52. The molecule has 2 aromatic carbocycles. The van der Waals surface area contributed by atoms with E-state index in [4.69, 9.17) is 0 Å². The first-order valence-electron chi connectivity index (χ1n) is 14.0. The molecule has 0 unspecified atom stereocenters. The molecule has 4 nitrogen and oxygen atoms in total. The van der Waals surface area contributed by atoms with Gasteiger partial charge in [0.2, 0.25) is 0 Å². The maximum atomic E-state index is 13.1. The van der Waals surface area contributed by atoms with Crippen LogP contribution in [0.25, 0.3) is 0 Å². The van der Waals surface area contributed by atoms with Gasteiger partial charge in [-0.05, 0) is 98.2 Å². The van der Waals surface area contributed by atoms with E-state index in [0.717, 1.165) is 74.6 Å². The Morgan fingerprint density at radius 3 is 2.73 bits per heavy atom. The number of unbranched alkanes of at least 4 members (excludes halogenated alkanes) is 1. The zero-order valence-electron chi connectivity index (χ0n) is 22.3. The number of carbonyl (C=O) groups is 1. The summed E-state index contributed by atoms with van der Waals surface area (Å²) < 4.78 is 0. The second kappa shape index (κ2) is 10.8. The Bertz CT molecular complexity index is 1240. The van der Waals surface area contributed by atoms with Gasteiger partial charge in [-0.1, -0.05) is 62.2 Å². The molecule has 1 aromatic heterocycles. The summed E-state index contributed by atoms with van der Waals surface area (Å²) in [7, 11) is 0. The molecule has 194 valence electrons. The third kappa shape index (κ3) is 5.36. The fourth-order valence-corrected chi connectivity index (χ4v) is 6.91. The molecule has 0 spiro atoms. The lowest BCUT2D eigenvalue weighted by molar-refractivity contribution is -0.0573. The van der Waals surface area contributed by atoms with Crippen LogP contribution in [0, 0.1) is 12.8 Å². The van der Waals surface area contributed by atoms with E-state index in [2.05, 4.69) is 59.7 Å². The van der Waals surface area contributed by atoms with Gasteiger partial charge in [0, 0.05) is 29.4 Å². The third-order valence-corrected chi connectivity index (χ3v) is 9.02. The van der Waals surface area contributed by atoms with Crippen LogP contribution in [0.2, 0.25) is 0 Å². The number of carbonyl (C=O) groups excluding carboxylic acids is 1. The predicted octanol–water partition coefficient (Wildman–Crippen LogP) is 6.47. The van der Waals surface area contributed by atoms with Crippen molar-refractivity contribution in [1.82, 2.24) is 10.3 Å². The normalized spacial score (nSPS) is 24.7. The monoisotopic (exact) mass is 496 g/mol. The van der Waals surface area contributed by atoms with Gasteiger partial charge in [-0.25, -0.2) is 0 Å². The largest absolute Gasteiger partial charge is 0.390 e. The van der Waals surface area contributed by atoms with E-state index in [1.165, 1.54) is 16.7 Å².